The monoisotopic (exact) mass is 353 g/mol. The lowest BCUT2D eigenvalue weighted by Crippen LogP contribution is -2.14. The molecule has 128 valence electrons. The first-order valence-corrected chi connectivity index (χ1v) is 8.90. The molecule has 0 spiro atoms. The highest BCUT2D eigenvalue weighted by atomic mass is 32.2. The predicted octanol–water partition coefficient (Wildman–Crippen LogP) is 4.54. The summed E-state index contributed by atoms with van der Waals surface area (Å²) in [4.78, 5) is 17.9. The number of amides is 1. The minimum absolute atomic E-state index is 0.172. The largest absolute Gasteiger partial charge is 0.360 e. The van der Waals surface area contributed by atoms with Gasteiger partial charge in [-0.2, -0.15) is 0 Å². The van der Waals surface area contributed by atoms with E-state index < -0.39 is 0 Å². The van der Waals surface area contributed by atoms with E-state index in [0.717, 1.165) is 27.6 Å². The fourth-order valence-electron chi connectivity index (χ4n) is 2.50. The molecule has 0 fully saturated rings. The number of hydrogen-bond acceptors (Lipinski definition) is 5. The number of nitrogens with zero attached hydrogens (tertiary/aromatic N) is 2. The van der Waals surface area contributed by atoms with E-state index in [1.54, 1.807) is 11.8 Å². The Morgan fingerprint density at radius 1 is 1.12 bits per heavy atom. The van der Waals surface area contributed by atoms with Crippen molar-refractivity contribution in [1.29, 1.82) is 0 Å². The zero-order valence-corrected chi connectivity index (χ0v) is 15.2. The van der Waals surface area contributed by atoms with E-state index in [4.69, 9.17) is 4.52 Å². The summed E-state index contributed by atoms with van der Waals surface area (Å²) in [6.45, 7) is 5.77. The number of benzene rings is 1. The van der Waals surface area contributed by atoms with Gasteiger partial charge in [0, 0.05) is 16.7 Å². The summed E-state index contributed by atoms with van der Waals surface area (Å²) in [5.74, 6) is 1.80. The van der Waals surface area contributed by atoms with Crippen LogP contribution in [0.25, 0.3) is 0 Å². The Balaban J connectivity index is 1.76. The zero-order chi connectivity index (χ0) is 17.8. The van der Waals surface area contributed by atoms with E-state index in [1.165, 1.54) is 0 Å². The van der Waals surface area contributed by atoms with Crippen molar-refractivity contribution in [2.24, 2.45) is 0 Å². The van der Waals surface area contributed by atoms with Gasteiger partial charge in [-0.3, -0.25) is 4.79 Å². The van der Waals surface area contributed by atoms with Crippen LogP contribution in [0.5, 0.6) is 0 Å². The van der Waals surface area contributed by atoms with E-state index >= 15 is 0 Å². The number of aryl methyl sites for hydroxylation is 3. The summed E-state index contributed by atoms with van der Waals surface area (Å²) < 4.78 is 5.23. The van der Waals surface area contributed by atoms with Crippen LogP contribution in [0.2, 0.25) is 0 Å². The molecule has 2 aromatic heterocycles. The van der Waals surface area contributed by atoms with Gasteiger partial charge >= 0.3 is 0 Å². The maximum Gasteiger partial charge on any atom is 0.257 e. The van der Waals surface area contributed by atoms with Gasteiger partial charge in [0.15, 0.2) is 0 Å². The van der Waals surface area contributed by atoms with Crippen LogP contribution in [0, 0.1) is 20.8 Å². The van der Waals surface area contributed by atoms with Gasteiger partial charge in [0.2, 0.25) is 0 Å². The van der Waals surface area contributed by atoms with E-state index in [2.05, 4.69) is 15.5 Å². The Bertz CT molecular complexity index is 885. The Labute approximate surface area is 150 Å². The highest BCUT2D eigenvalue weighted by Crippen LogP contribution is 2.27. The summed E-state index contributed by atoms with van der Waals surface area (Å²) in [6, 6.07) is 13.2. The van der Waals surface area contributed by atoms with Gasteiger partial charge in [-0.15, -0.1) is 11.8 Å². The van der Waals surface area contributed by atoms with Crippen LogP contribution in [0.3, 0.4) is 0 Å². The number of aromatic nitrogens is 2. The first-order valence-electron chi connectivity index (χ1n) is 7.92. The van der Waals surface area contributed by atoms with Crippen molar-refractivity contribution in [3.63, 3.8) is 0 Å². The number of thioether (sulfide) groups is 1. The molecule has 1 amide bonds. The highest BCUT2D eigenvalue weighted by Gasteiger charge is 2.13. The molecule has 0 atom stereocenters. The molecule has 0 aliphatic rings. The van der Waals surface area contributed by atoms with Gasteiger partial charge < -0.3 is 9.84 Å². The third-order valence-electron chi connectivity index (χ3n) is 3.52. The molecule has 3 rings (SSSR count). The van der Waals surface area contributed by atoms with Crippen LogP contribution >= 0.6 is 11.8 Å². The highest BCUT2D eigenvalue weighted by molar-refractivity contribution is 7.98. The smallest absolute Gasteiger partial charge is 0.257 e. The maximum absolute atomic E-state index is 12.7. The molecule has 0 bridgehead atoms. The number of anilines is 1. The number of pyridine rings is 1. The SMILES string of the molecule is Cc1cc(C)nc(NC(=O)c2ccccc2SCc2cc(C)no2)c1. The molecular weight excluding hydrogens is 334 g/mol. The van der Waals surface area contributed by atoms with Crippen molar-refractivity contribution >= 4 is 23.5 Å². The van der Waals surface area contributed by atoms with E-state index in [9.17, 15) is 4.79 Å². The van der Waals surface area contributed by atoms with Gasteiger partial charge in [-0.1, -0.05) is 17.3 Å². The van der Waals surface area contributed by atoms with Crippen LogP contribution in [-0.4, -0.2) is 16.0 Å². The van der Waals surface area contributed by atoms with Crippen molar-refractivity contribution in [1.82, 2.24) is 10.1 Å². The van der Waals surface area contributed by atoms with Crippen molar-refractivity contribution in [2.45, 2.75) is 31.4 Å². The van der Waals surface area contributed by atoms with Crippen LogP contribution < -0.4 is 5.32 Å². The van der Waals surface area contributed by atoms with Gasteiger partial charge in [0.1, 0.15) is 11.6 Å². The van der Waals surface area contributed by atoms with Crippen LogP contribution in [-0.2, 0) is 5.75 Å². The normalized spacial score (nSPS) is 10.7. The van der Waals surface area contributed by atoms with Crippen molar-refractivity contribution in [3.05, 3.63) is 70.7 Å². The summed E-state index contributed by atoms with van der Waals surface area (Å²) >= 11 is 1.54. The average Bonchev–Trinajstić information content (AvgIpc) is 2.97. The quantitative estimate of drug-likeness (QED) is 0.682. The molecule has 0 unspecified atom stereocenters. The Morgan fingerprint density at radius 2 is 1.92 bits per heavy atom. The molecule has 6 heteroatoms. The van der Waals surface area contributed by atoms with Crippen LogP contribution in [0.1, 0.15) is 33.1 Å². The Kier molecular flexibility index (Phi) is 5.19. The third kappa shape index (κ3) is 4.48. The van der Waals surface area contributed by atoms with Gasteiger partial charge in [0.25, 0.3) is 5.91 Å². The third-order valence-corrected chi connectivity index (χ3v) is 4.61. The molecule has 0 saturated carbocycles. The number of hydrogen-bond donors (Lipinski definition) is 1. The lowest BCUT2D eigenvalue weighted by Gasteiger charge is -2.10. The van der Waals surface area contributed by atoms with E-state index in [-0.39, 0.29) is 5.91 Å². The molecular formula is C19H19N3O2S. The van der Waals surface area contributed by atoms with Gasteiger partial charge in [-0.25, -0.2) is 4.98 Å². The fraction of sp³-hybridized carbons (Fsp3) is 0.211. The molecule has 0 radical (unpaired) electrons. The maximum atomic E-state index is 12.7. The topological polar surface area (TPSA) is 68.0 Å². The van der Waals surface area contributed by atoms with Crippen LogP contribution in [0.15, 0.2) is 51.9 Å². The number of carbonyl (C=O) groups excluding carboxylic acids is 1. The molecule has 0 aliphatic heterocycles. The second-order valence-corrected chi connectivity index (χ2v) is 6.86. The first-order chi connectivity index (χ1) is 12.0. The molecule has 2 heterocycles. The molecule has 5 nitrogen and oxygen atoms in total. The molecule has 1 aromatic carbocycles. The standard InChI is InChI=1S/C19H19N3O2S/c1-12-8-13(2)20-18(9-12)21-19(23)16-6-4-5-7-17(16)25-11-15-10-14(3)22-24-15/h4-10H,11H2,1-3H3,(H,20,21,23). The summed E-state index contributed by atoms with van der Waals surface area (Å²) in [5, 5.41) is 6.77. The van der Waals surface area contributed by atoms with Crippen molar-refractivity contribution < 1.29 is 9.32 Å². The first kappa shape index (κ1) is 17.2. The van der Waals surface area contributed by atoms with E-state index in [0.29, 0.717) is 17.1 Å². The molecule has 1 N–H and O–H groups in total. The lowest BCUT2D eigenvalue weighted by atomic mass is 10.2. The second kappa shape index (κ2) is 7.53. The average molecular weight is 353 g/mol. The predicted molar refractivity (Wildman–Crippen MR) is 98.9 cm³/mol. The zero-order valence-electron chi connectivity index (χ0n) is 14.4. The fourth-order valence-corrected chi connectivity index (χ4v) is 3.43. The number of carbonyl (C=O) groups is 1. The summed E-state index contributed by atoms with van der Waals surface area (Å²) in [6.07, 6.45) is 0. The summed E-state index contributed by atoms with van der Waals surface area (Å²) in [5.41, 5.74) is 3.40. The Morgan fingerprint density at radius 3 is 2.64 bits per heavy atom. The molecule has 0 aliphatic carbocycles. The second-order valence-electron chi connectivity index (χ2n) is 5.84. The number of rotatable bonds is 5. The van der Waals surface area contributed by atoms with Gasteiger partial charge in [0.05, 0.1) is 17.0 Å². The minimum atomic E-state index is -0.172. The van der Waals surface area contributed by atoms with Gasteiger partial charge in [-0.05, 0) is 50.6 Å². The molecule has 0 saturated heterocycles. The van der Waals surface area contributed by atoms with Crippen LogP contribution in [0.4, 0.5) is 5.82 Å². The number of nitrogens with one attached hydrogen (secondary N) is 1. The minimum Gasteiger partial charge on any atom is -0.360 e. The van der Waals surface area contributed by atoms with Crippen molar-refractivity contribution in [3.8, 4) is 0 Å². The summed E-state index contributed by atoms with van der Waals surface area (Å²) in [7, 11) is 0. The van der Waals surface area contributed by atoms with Crippen molar-refractivity contribution in [2.75, 3.05) is 5.32 Å². The lowest BCUT2D eigenvalue weighted by molar-refractivity contribution is 0.102. The Hall–Kier alpha value is -2.60. The molecule has 25 heavy (non-hydrogen) atoms. The molecule has 3 aromatic rings. The van der Waals surface area contributed by atoms with E-state index in [1.807, 2.05) is 63.2 Å².